The smallest absolute Gasteiger partial charge is 0.303 e. The molecule has 0 atom stereocenters. The molecule has 3 aromatic rings. The van der Waals surface area contributed by atoms with Gasteiger partial charge < -0.3 is 14.3 Å². The summed E-state index contributed by atoms with van der Waals surface area (Å²) < 4.78 is 11.9. The molecule has 0 spiro atoms. The highest BCUT2D eigenvalue weighted by atomic mass is 16.5. The molecule has 0 radical (unpaired) electrons. The molecule has 0 bridgehead atoms. The predicted octanol–water partition coefficient (Wildman–Crippen LogP) is 6.15. The number of oxazole rings is 1. The van der Waals surface area contributed by atoms with Crippen molar-refractivity contribution >= 4 is 5.97 Å². The van der Waals surface area contributed by atoms with Crippen LogP contribution in [0.4, 0.5) is 0 Å². The van der Waals surface area contributed by atoms with E-state index in [0.29, 0.717) is 25.3 Å². The van der Waals surface area contributed by atoms with Crippen molar-refractivity contribution in [2.45, 2.75) is 65.7 Å². The molecule has 0 amide bonds. The van der Waals surface area contributed by atoms with Crippen molar-refractivity contribution < 1.29 is 19.1 Å². The lowest BCUT2D eigenvalue weighted by molar-refractivity contribution is -0.136. The van der Waals surface area contributed by atoms with Gasteiger partial charge >= 0.3 is 5.97 Å². The Morgan fingerprint density at radius 2 is 1.78 bits per heavy atom. The van der Waals surface area contributed by atoms with Crippen LogP contribution in [0.2, 0.25) is 0 Å². The molecule has 0 aliphatic carbocycles. The van der Waals surface area contributed by atoms with Gasteiger partial charge in [0.1, 0.15) is 11.5 Å². The Kier molecular flexibility index (Phi) is 7.39. The molecule has 1 N–H and O–H groups in total. The molecule has 0 fully saturated rings. The average Bonchev–Trinajstić information content (AvgIpc) is 3.12. The van der Waals surface area contributed by atoms with Crippen molar-refractivity contribution in [3.63, 3.8) is 0 Å². The Morgan fingerprint density at radius 3 is 2.41 bits per heavy atom. The molecule has 5 heteroatoms. The predicted molar refractivity (Wildman–Crippen MR) is 126 cm³/mol. The van der Waals surface area contributed by atoms with Crippen LogP contribution in [0, 0.1) is 6.92 Å². The molecular weight excluding hydrogens is 402 g/mol. The molecule has 0 unspecified atom stereocenters. The SMILES string of the molecule is CCc1cc(OCCc2nc(-c3ccc(C(C)(C)C)cc3)oc2C)ccc1CCC(=O)O. The number of aliphatic carboxylic acids is 1. The number of benzene rings is 2. The molecule has 170 valence electrons. The molecule has 1 heterocycles. The molecular formula is C27H33NO4. The second kappa shape index (κ2) is 10.0. The van der Waals surface area contributed by atoms with Crippen molar-refractivity contribution in [3.05, 3.63) is 70.6 Å². The minimum atomic E-state index is -0.778. The Morgan fingerprint density at radius 1 is 1.06 bits per heavy atom. The summed E-state index contributed by atoms with van der Waals surface area (Å²) in [5.74, 6) is 1.45. The van der Waals surface area contributed by atoms with Crippen LogP contribution in [-0.4, -0.2) is 22.7 Å². The molecule has 0 saturated carbocycles. The lowest BCUT2D eigenvalue weighted by Gasteiger charge is -2.18. The van der Waals surface area contributed by atoms with Crippen molar-refractivity contribution in [1.29, 1.82) is 0 Å². The van der Waals surface area contributed by atoms with Gasteiger partial charge in [-0.05, 0) is 66.1 Å². The highest BCUT2D eigenvalue weighted by Gasteiger charge is 2.16. The van der Waals surface area contributed by atoms with E-state index >= 15 is 0 Å². The Bertz CT molecular complexity index is 1060. The summed E-state index contributed by atoms with van der Waals surface area (Å²) in [7, 11) is 0. The van der Waals surface area contributed by atoms with E-state index in [1.165, 1.54) is 5.56 Å². The monoisotopic (exact) mass is 435 g/mol. The fourth-order valence-corrected chi connectivity index (χ4v) is 3.67. The number of rotatable bonds is 9. The molecule has 0 aliphatic heterocycles. The highest BCUT2D eigenvalue weighted by molar-refractivity contribution is 5.67. The number of carboxylic acid groups (broad SMARTS) is 1. The summed E-state index contributed by atoms with van der Waals surface area (Å²) in [6.07, 6.45) is 2.17. The van der Waals surface area contributed by atoms with Gasteiger partial charge in [0.2, 0.25) is 5.89 Å². The van der Waals surface area contributed by atoms with Crippen LogP contribution >= 0.6 is 0 Å². The first kappa shape index (κ1) is 23.6. The fourth-order valence-electron chi connectivity index (χ4n) is 3.67. The van der Waals surface area contributed by atoms with E-state index in [9.17, 15) is 4.79 Å². The van der Waals surface area contributed by atoms with Crippen LogP contribution in [0.1, 0.15) is 62.3 Å². The van der Waals surface area contributed by atoms with Crippen LogP contribution in [0.25, 0.3) is 11.5 Å². The number of hydrogen-bond acceptors (Lipinski definition) is 4. The van der Waals surface area contributed by atoms with Gasteiger partial charge in [-0.25, -0.2) is 4.98 Å². The number of carboxylic acids is 1. The van der Waals surface area contributed by atoms with Gasteiger partial charge in [-0.1, -0.05) is 45.9 Å². The van der Waals surface area contributed by atoms with E-state index in [4.69, 9.17) is 14.3 Å². The van der Waals surface area contributed by atoms with Crippen molar-refractivity contribution in [2.24, 2.45) is 0 Å². The van der Waals surface area contributed by atoms with E-state index in [1.807, 2.05) is 25.1 Å². The first-order valence-corrected chi connectivity index (χ1v) is 11.2. The maximum Gasteiger partial charge on any atom is 0.303 e. The third kappa shape index (κ3) is 6.00. The van der Waals surface area contributed by atoms with Gasteiger partial charge in [-0.15, -0.1) is 0 Å². The second-order valence-electron chi connectivity index (χ2n) is 9.13. The summed E-state index contributed by atoms with van der Waals surface area (Å²) in [6, 6.07) is 14.3. The lowest BCUT2D eigenvalue weighted by atomic mass is 9.87. The van der Waals surface area contributed by atoms with Gasteiger partial charge in [0.15, 0.2) is 0 Å². The van der Waals surface area contributed by atoms with E-state index in [-0.39, 0.29) is 11.8 Å². The highest BCUT2D eigenvalue weighted by Crippen LogP contribution is 2.27. The summed E-state index contributed by atoms with van der Waals surface area (Å²) in [5.41, 5.74) is 5.45. The van der Waals surface area contributed by atoms with E-state index in [2.05, 4.69) is 56.9 Å². The number of ether oxygens (including phenoxy) is 1. The fraction of sp³-hybridized carbons (Fsp3) is 0.407. The van der Waals surface area contributed by atoms with Gasteiger partial charge in [-0.3, -0.25) is 4.79 Å². The topological polar surface area (TPSA) is 72.6 Å². The third-order valence-electron chi connectivity index (χ3n) is 5.66. The van der Waals surface area contributed by atoms with Gasteiger partial charge in [0.05, 0.1) is 12.3 Å². The van der Waals surface area contributed by atoms with E-state index in [1.54, 1.807) is 0 Å². The van der Waals surface area contributed by atoms with Crippen molar-refractivity contribution in [1.82, 2.24) is 4.98 Å². The number of aryl methyl sites for hydroxylation is 3. The summed E-state index contributed by atoms with van der Waals surface area (Å²) >= 11 is 0. The van der Waals surface area contributed by atoms with Crippen LogP contribution in [-0.2, 0) is 29.5 Å². The zero-order chi connectivity index (χ0) is 23.3. The normalized spacial score (nSPS) is 11.5. The first-order valence-electron chi connectivity index (χ1n) is 11.2. The minimum Gasteiger partial charge on any atom is -0.493 e. The Labute approximate surface area is 190 Å². The third-order valence-corrected chi connectivity index (χ3v) is 5.66. The van der Waals surface area contributed by atoms with Gasteiger partial charge in [0.25, 0.3) is 0 Å². The van der Waals surface area contributed by atoms with Crippen LogP contribution in [0.3, 0.4) is 0 Å². The largest absolute Gasteiger partial charge is 0.493 e. The summed E-state index contributed by atoms with van der Waals surface area (Å²) in [6.45, 7) is 11.1. The molecule has 3 rings (SSSR count). The maximum atomic E-state index is 10.9. The van der Waals surface area contributed by atoms with Crippen LogP contribution < -0.4 is 4.74 Å². The quantitative estimate of drug-likeness (QED) is 0.436. The standard InChI is InChI=1S/C27H33NO4/c1-6-19-17-23(13-9-20(19)10-14-25(29)30)31-16-15-24-18(2)32-26(28-24)21-7-11-22(12-8-21)27(3,4)5/h7-9,11-13,17H,6,10,14-16H2,1-5H3,(H,29,30). The van der Waals surface area contributed by atoms with Crippen LogP contribution in [0.5, 0.6) is 5.75 Å². The zero-order valence-electron chi connectivity index (χ0n) is 19.7. The molecule has 0 aliphatic rings. The maximum absolute atomic E-state index is 10.9. The number of aromatic nitrogens is 1. The summed E-state index contributed by atoms with van der Waals surface area (Å²) in [4.78, 5) is 15.5. The summed E-state index contributed by atoms with van der Waals surface area (Å²) in [5, 5.41) is 8.92. The number of carbonyl (C=O) groups is 1. The first-order chi connectivity index (χ1) is 15.2. The zero-order valence-corrected chi connectivity index (χ0v) is 19.7. The minimum absolute atomic E-state index is 0.111. The van der Waals surface area contributed by atoms with Crippen LogP contribution in [0.15, 0.2) is 46.9 Å². The number of nitrogens with zero attached hydrogens (tertiary/aromatic N) is 1. The average molecular weight is 436 g/mol. The molecule has 5 nitrogen and oxygen atoms in total. The molecule has 2 aromatic carbocycles. The van der Waals surface area contributed by atoms with Crippen molar-refractivity contribution in [2.75, 3.05) is 6.61 Å². The van der Waals surface area contributed by atoms with Gasteiger partial charge in [0, 0.05) is 18.4 Å². The molecule has 32 heavy (non-hydrogen) atoms. The molecule has 1 aromatic heterocycles. The van der Waals surface area contributed by atoms with Gasteiger partial charge in [-0.2, -0.15) is 0 Å². The van der Waals surface area contributed by atoms with Crippen molar-refractivity contribution in [3.8, 4) is 17.2 Å². The number of hydrogen-bond donors (Lipinski definition) is 1. The Hall–Kier alpha value is -3.08. The van der Waals surface area contributed by atoms with E-state index < -0.39 is 5.97 Å². The lowest BCUT2D eigenvalue weighted by Crippen LogP contribution is -2.10. The van der Waals surface area contributed by atoms with E-state index in [0.717, 1.165) is 40.3 Å². The molecule has 0 saturated heterocycles. The second-order valence-corrected chi connectivity index (χ2v) is 9.13. The Balaban J connectivity index is 1.62.